The van der Waals surface area contributed by atoms with Crippen LogP contribution < -0.4 is 10.1 Å². The minimum Gasteiger partial charge on any atom is -0.508 e. The molecule has 0 radical (unpaired) electrons. The molecule has 160 valence electrons. The highest BCUT2D eigenvalue weighted by Gasteiger charge is 2.30. The minimum atomic E-state index is -3.53. The molecule has 1 aromatic carbocycles. The number of aromatic nitrogens is 2. The second-order valence-electron chi connectivity index (χ2n) is 7.34. The standard InChI is InChI=1S/C19H28N4O5S/c1-22-12-19(21-14-22)29(26,27)23-8-6-15(7-9-23)10-20-11-17(25)13-28-18-4-2-16(24)3-5-18/h2-5,12,14-15,17,20,24-25H,6-11,13H2,1H3/t17-/m1/s1. The number of nitrogens with zero attached hydrogens (tertiary/aromatic N) is 3. The summed E-state index contributed by atoms with van der Waals surface area (Å²) in [5, 5.41) is 22.6. The summed E-state index contributed by atoms with van der Waals surface area (Å²) in [5.41, 5.74) is 0. The van der Waals surface area contributed by atoms with Crippen molar-refractivity contribution < 1.29 is 23.4 Å². The van der Waals surface area contributed by atoms with E-state index < -0.39 is 16.1 Å². The smallest absolute Gasteiger partial charge is 0.262 e. The molecule has 1 aliphatic rings. The molecule has 0 spiro atoms. The fourth-order valence-corrected chi connectivity index (χ4v) is 4.69. The lowest BCUT2D eigenvalue weighted by Gasteiger charge is -2.31. The van der Waals surface area contributed by atoms with Crippen molar-refractivity contribution >= 4 is 10.0 Å². The van der Waals surface area contributed by atoms with Crippen molar-refractivity contribution in [2.75, 3.05) is 32.8 Å². The summed E-state index contributed by atoms with van der Waals surface area (Å²) < 4.78 is 33.8. The van der Waals surface area contributed by atoms with Crippen molar-refractivity contribution in [1.29, 1.82) is 0 Å². The van der Waals surface area contributed by atoms with E-state index in [-0.39, 0.29) is 17.4 Å². The van der Waals surface area contributed by atoms with E-state index in [9.17, 15) is 18.6 Å². The van der Waals surface area contributed by atoms with E-state index in [1.54, 1.807) is 23.7 Å². The van der Waals surface area contributed by atoms with E-state index >= 15 is 0 Å². The predicted octanol–water partition coefficient (Wildman–Crippen LogP) is 0.556. The van der Waals surface area contributed by atoms with Gasteiger partial charge in [0, 0.05) is 32.9 Å². The third kappa shape index (κ3) is 5.92. The van der Waals surface area contributed by atoms with Crippen LogP contribution >= 0.6 is 0 Å². The van der Waals surface area contributed by atoms with E-state index in [1.165, 1.54) is 29.0 Å². The van der Waals surface area contributed by atoms with Crippen molar-refractivity contribution in [3.8, 4) is 11.5 Å². The molecular formula is C19H28N4O5S. The number of aliphatic hydroxyl groups is 1. The third-order valence-electron chi connectivity index (χ3n) is 4.95. The van der Waals surface area contributed by atoms with Gasteiger partial charge in [-0.25, -0.2) is 13.4 Å². The lowest BCUT2D eigenvalue weighted by atomic mass is 9.98. The Labute approximate surface area is 171 Å². The van der Waals surface area contributed by atoms with Gasteiger partial charge >= 0.3 is 0 Å². The first-order valence-corrected chi connectivity index (χ1v) is 11.1. The van der Waals surface area contributed by atoms with E-state index in [2.05, 4.69) is 10.3 Å². The van der Waals surface area contributed by atoms with Crippen LogP contribution in [0.2, 0.25) is 0 Å². The molecule has 3 rings (SSSR count). The number of aliphatic hydroxyl groups excluding tert-OH is 1. The van der Waals surface area contributed by atoms with Gasteiger partial charge in [0.05, 0.1) is 6.33 Å². The van der Waals surface area contributed by atoms with Gasteiger partial charge < -0.3 is 24.8 Å². The number of phenols is 1. The maximum atomic E-state index is 12.6. The van der Waals surface area contributed by atoms with Crippen LogP contribution in [0.25, 0.3) is 0 Å². The number of rotatable bonds is 9. The second kappa shape index (κ2) is 9.57. The molecule has 2 aromatic rings. The molecular weight excluding hydrogens is 396 g/mol. The highest BCUT2D eigenvalue weighted by atomic mass is 32.2. The van der Waals surface area contributed by atoms with E-state index in [0.717, 1.165) is 12.8 Å². The average Bonchev–Trinajstić information content (AvgIpc) is 3.15. The number of phenolic OH excluding ortho intramolecular Hbond substituents is 1. The van der Waals surface area contributed by atoms with Crippen LogP contribution in [-0.2, 0) is 17.1 Å². The van der Waals surface area contributed by atoms with Crippen molar-refractivity contribution in [2.45, 2.75) is 24.0 Å². The number of imidazole rings is 1. The molecule has 1 aliphatic heterocycles. The first-order valence-electron chi connectivity index (χ1n) is 9.63. The Bertz CT molecular complexity index is 876. The lowest BCUT2D eigenvalue weighted by molar-refractivity contribution is 0.104. The predicted molar refractivity (Wildman–Crippen MR) is 107 cm³/mol. The van der Waals surface area contributed by atoms with Gasteiger partial charge in [0.15, 0.2) is 5.03 Å². The summed E-state index contributed by atoms with van der Waals surface area (Å²) in [6, 6.07) is 6.34. The number of hydrogen-bond donors (Lipinski definition) is 3. The molecule has 1 fully saturated rings. The number of nitrogens with one attached hydrogen (secondary N) is 1. The van der Waals surface area contributed by atoms with Crippen LogP contribution in [0.15, 0.2) is 41.8 Å². The van der Waals surface area contributed by atoms with Crippen molar-refractivity contribution in [1.82, 2.24) is 19.2 Å². The maximum absolute atomic E-state index is 12.6. The molecule has 9 nitrogen and oxygen atoms in total. The fraction of sp³-hybridized carbons (Fsp3) is 0.526. The molecule has 0 amide bonds. The topological polar surface area (TPSA) is 117 Å². The van der Waals surface area contributed by atoms with Gasteiger partial charge in [-0.15, -0.1) is 0 Å². The summed E-state index contributed by atoms with van der Waals surface area (Å²) in [6.45, 7) is 2.20. The Balaban J connectivity index is 1.35. The SMILES string of the molecule is Cn1cnc(S(=O)(=O)N2CCC(CNC[C@@H](O)COc3ccc(O)cc3)CC2)c1. The number of benzene rings is 1. The number of sulfonamides is 1. The molecule has 3 N–H and O–H groups in total. The van der Waals surface area contributed by atoms with Gasteiger partial charge in [-0.05, 0) is 49.6 Å². The zero-order valence-electron chi connectivity index (χ0n) is 16.4. The Hall–Kier alpha value is -2.14. The molecule has 2 heterocycles. The van der Waals surface area contributed by atoms with Gasteiger partial charge in [0.1, 0.15) is 24.2 Å². The zero-order chi connectivity index (χ0) is 20.9. The van der Waals surface area contributed by atoms with Gasteiger partial charge in [-0.3, -0.25) is 0 Å². The molecule has 0 unspecified atom stereocenters. The van der Waals surface area contributed by atoms with Crippen LogP contribution in [0.4, 0.5) is 0 Å². The number of ether oxygens (including phenoxy) is 1. The van der Waals surface area contributed by atoms with E-state index in [0.29, 0.717) is 37.8 Å². The summed E-state index contributed by atoms with van der Waals surface area (Å²) >= 11 is 0. The Morgan fingerprint density at radius 3 is 2.59 bits per heavy atom. The Morgan fingerprint density at radius 1 is 1.28 bits per heavy atom. The molecule has 1 aromatic heterocycles. The van der Waals surface area contributed by atoms with Crippen LogP contribution in [0.5, 0.6) is 11.5 Å². The number of aromatic hydroxyl groups is 1. The van der Waals surface area contributed by atoms with Crippen LogP contribution in [0.3, 0.4) is 0 Å². The van der Waals surface area contributed by atoms with Gasteiger partial charge in [-0.2, -0.15) is 4.31 Å². The molecule has 0 saturated carbocycles. The van der Waals surface area contributed by atoms with E-state index in [1.807, 2.05) is 0 Å². The Kier molecular flexibility index (Phi) is 7.12. The first-order chi connectivity index (χ1) is 13.8. The van der Waals surface area contributed by atoms with Crippen molar-refractivity contribution in [2.24, 2.45) is 13.0 Å². The summed E-state index contributed by atoms with van der Waals surface area (Å²) in [5.74, 6) is 1.11. The van der Waals surface area contributed by atoms with Crippen LogP contribution in [0, 0.1) is 5.92 Å². The monoisotopic (exact) mass is 424 g/mol. The first kappa shape index (κ1) is 21.6. The van der Waals surface area contributed by atoms with Crippen molar-refractivity contribution in [3.63, 3.8) is 0 Å². The van der Waals surface area contributed by atoms with Crippen LogP contribution in [-0.4, -0.2) is 71.4 Å². The fourth-order valence-electron chi connectivity index (χ4n) is 3.26. The second-order valence-corrected chi connectivity index (χ2v) is 9.23. The molecule has 0 bridgehead atoms. The number of piperidine rings is 1. The van der Waals surface area contributed by atoms with E-state index in [4.69, 9.17) is 4.74 Å². The Morgan fingerprint density at radius 2 is 1.97 bits per heavy atom. The van der Waals surface area contributed by atoms with Gasteiger partial charge in [0.25, 0.3) is 10.0 Å². The number of hydrogen-bond acceptors (Lipinski definition) is 7. The summed E-state index contributed by atoms with van der Waals surface area (Å²) in [4.78, 5) is 3.96. The third-order valence-corrected chi connectivity index (χ3v) is 6.74. The maximum Gasteiger partial charge on any atom is 0.262 e. The minimum absolute atomic E-state index is 0.0910. The van der Waals surface area contributed by atoms with Gasteiger partial charge in [0.2, 0.25) is 0 Å². The lowest BCUT2D eigenvalue weighted by Crippen LogP contribution is -2.42. The molecule has 0 aliphatic carbocycles. The number of aryl methyl sites for hydroxylation is 1. The molecule has 10 heteroatoms. The normalized spacial score (nSPS) is 17.3. The highest BCUT2D eigenvalue weighted by Crippen LogP contribution is 2.22. The molecule has 29 heavy (non-hydrogen) atoms. The van der Waals surface area contributed by atoms with Gasteiger partial charge in [-0.1, -0.05) is 0 Å². The highest BCUT2D eigenvalue weighted by molar-refractivity contribution is 7.89. The molecule has 1 saturated heterocycles. The zero-order valence-corrected chi connectivity index (χ0v) is 17.3. The summed E-state index contributed by atoms with van der Waals surface area (Å²) in [6.07, 6.45) is 3.87. The average molecular weight is 425 g/mol. The quantitative estimate of drug-likeness (QED) is 0.538. The molecule has 1 atom stereocenters. The largest absolute Gasteiger partial charge is 0.508 e. The van der Waals surface area contributed by atoms with Crippen molar-refractivity contribution in [3.05, 3.63) is 36.8 Å². The summed E-state index contributed by atoms with van der Waals surface area (Å²) in [7, 11) is -1.78. The van der Waals surface area contributed by atoms with Crippen LogP contribution in [0.1, 0.15) is 12.8 Å².